The first-order valence-electron chi connectivity index (χ1n) is 12.2. The van der Waals surface area contributed by atoms with E-state index in [1.807, 2.05) is 13.8 Å². The number of carboxylic acids is 1. The Morgan fingerprint density at radius 2 is 1.76 bits per heavy atom. The van der Waals surface area contributed by atoms with Crippen LogP contribution < -0.4 is 10.6 Å². The third kappa shape index (κ3) is 6.64. The van der Waals surface area contributed by atoms with Crippen molar-refractivity contribution in [3.63, 3.8) is 0 Å². The lowest BCUT2D eigenvalue weighted by Crippen LogP contribution is -2.66. The number of anilines is 1. The summed E-state index contributed by atoms with van der Waals surface area (Å²) in [6.45, 7) is 7.48. The summed E-state index contributed by atoms with van der Waals surface area (Å²) in [4.78, 5) is 48.1. The second kappa shape index (κ2) is 11.6. The Morgan fingerprint density at radius 1 is 1.09 bits per heavy atom. The van der Waals surface area contributed by atoms with Crippen molar-refractivity contribution >= 4 is 29.3 Å². The number of hydrogen-bond acceptors (Lipinski definition) is 6. The predicted octanol–water partition coefficient (Wildman–Crippen LogP) is 2.21. The van der Waals surface area contributed by atoms with E-state index >= 15 is 0 Å². The molecule has 2 bridgehead atoms. The lowest BCUT2D eigenvalue weighted by atomic mass is 9.82. The van der Waals surface area contributed by atoms with Crippen LogP contribution in [-0.2, 0) is 19.1 Å². The molecular weight excluding hydrogens is 438 g/mol. The molecule has 4 rings (SSSR count). The molecule has 0 saturated carbocycles. The fourth-order valence-electron chi connectivity index (χ4n) is 5.03. The van der Waals surface area contributed by atoms with Gasteiger partial charge in [0.2, 0.25) is 11.7 Å². The highest BCUT2D eigenvalue weighted by atomic mass is 16.5. The maximum Gasteiger partial charge on any atom is 0.323 e. The van der Waals surface area contributed by atoms with Crippen molar-refractivity contribution < 1.29 is 33.5 Å². The Bertz CT molecular complexity index is 892. The predicted molar refractivity (Wildman–Crippen MR) is 126 cm³/mol. The number of hydrogen-bond donors (Lipinski definition) is 3. The van der Waals surface area contributed by atoms with Gasteiger partial charge in [-0.15, -0.1) is 0 Å². The number of quaternary nitrogens is 1. The van der Waals surface area contributed by atoms with Crippen molar-refractivity contribution in [3.8, 4) is 0 Å². The molecule has 3 fully saturated rings. The van der Waals surface area contributed by atoms with E-state index in [0.717, 1.165) is 25.9 Å². The van der Waals surface area contributed by atoms with Crippen LogP contribution in [0.3, 0.4) is 0 Å². The minimum Gasteiger partial charge on any atom is -0.481 e. The van der Waals surface area contributed by atoms with Crippen molar-refractivity contribution in [1.29, 1.82) is 0 Å². The Labute approximate surface area is 200 Å². The Morgan fingerprint density at radius 3 is 2.35 bits per heavy atom. The molecule has 2 atom stereocenters. The van der Waals surface area contributed by atoms with Crippen molar-refractivity contribution in [2.45, 2.75) is 58.1 Å². The molecule has 9 nitrogen and oxygen atoms in total. The summed E-state index contributed by atoms with van der Waals surface area (Å²) in [5.74, 6) is -1.22. The third-order valence-electron chi connectivity index (χ3n) is 6.99. The molecule has 3 heterocycles. The highest BCUT2D eigenvalue weighted by molar-refractivity contribution is 5.98. The summed E-state index contributed by atoms with van der Waals surface area (Å²) in [6, 6.07) is 6.39. The topological polar surface area (TPSA) is 122 Å². The number of fused-ring (bicyclic) bond motifs is 3. The Balaban J connectivity index is 1.58. The number of aliphatic carboxylic acids is 1. The smallest absolute Gasteiger partial charge is 0.323 e. The molecule has 2 unspecified atom stereocenters. The SMILES string of the molecule is CCNC(CC)C(=O)OC1C[N+]2(CC(=O)c3ccc(NC(=O)CCC(=O)O)cc3)CCC1CC2. The molecule has 3 saturated heterocycles. The molecule has 34 heavy (non-hydrogen) atoms. The number of nitrogens with zero attached hydrogens (tertiary/aromatic N) is 1. The fraction of sp³-hybridized carbons (Fsp3) is 0.600. The van der Waals surface area contributed by atoms with Crippen LogP contribution in [0.5, 0.6) is 0 Å². The second-order valence-corrected chi connectivity index (χ2v) is 9.40. The van der Waals surface area contributed by atoms with Crippen LogP contribution in [0.25, 0.3) is 0 Å². The van der Waals surface area contributed by atoms with Crippen LogP contribution >= 0.6 is 0 Å². The van der Waals surface area contributed by atoms with Crippen LogP contribution in [0.15, 0.2) is 24.3 Å². The normalized spacial score (nSPS) is 24.3. The lowest BCUT2D eigenvalue weighted by molar-refractivity contribution is -0.938. The molecule has 0 aromatic heterocycles. The van der Waals surface area contributed by atoms with Crippen molar-refractivity contribution in [2.24, 2.45) is 5.92 Å². The van der Waals surface area contributed by atoms with Gasteiger partial charge in [-0.25, -0.2) is 0 Å². The van der Waals surface area contributed by atoms with Gasteiger partial charge in [0.15, 0.2) is 6.10 Å². The number of benzene rings is 1. The number of likely N-dealkylation sites (N-methyl/N-ethyl adjacent to an activating group) is 1. The molecule has 186 valence electrons. The van der Waals surface area contributed by atoms with Gasteiger partial charge in [0.05, 0.1) is 19.5 Å². The Kier molecular flexibility index (Phi) is 8.79. The van der Waals surface area contributed by atoms with Gasteiger partial charge in [-0.3, -0.25) is 19.2 Å². The Hall–Kier alpha value is -2.78. The van der Waals surface area contributed by atoms with E-state index in [0.29, 0.717) is 47.7 Å². The first-order valence-corrected chi connectivity index (χ1v) is 12.2. The van der Waals surface area contributed by atoms with E-state index in [9.17, 15) is 19.2 Å². The van der Waals surface area contributed by atoms with Gasteiger partial charge < -0.3 is 25.0 Å². The number of carboxylic acid groups (broad SMARTS) is 1. The summed E-state index contributed by atoms with van der Waals surface area (Å²) in [5.41, 5.74) is 1.09. The first-order chi connectivity index (χ1) is 16.2. The van der Waals surface area contributed by atoms with Crippen molar-refractivity contribution in [2.75, 3.05) is 38.0 Å². The lowest BCUT2D eigenvalue weighted by Gasteiger charge is -2.51. The zero-order valence-corrected chi connectivity index (χ0v) is 20.0. The summed E-state index contributed by atoms with van der Waals surface area (Å²) >= 11 is 0. The fourth-order valence-corrected chi connectivity index (χ4v) is 5.03. The van der Waals surface area contributed by atoms with Crippen molar-refractivity contribution in [1.82, 2.24) is 5.32 Å². The summed E-state index contributed by atoms with van der Waals surface area (Å²) in [6.07, 6.45) is 2.09. The number of ether oxygens (including phenoxy) is 1. The van der Waals surface area contributed by atoms with E-state index in [1.165, 1.54) is 0 Å². The average molecular weight is 475 g/mol. The first kappa shape index (κ1) is 25.8. The molecule has 0 aliphatic carbocycles. The molecule has 3 N–H and O–H groups in total. The quantitative estimate of drug-likeness (QED) is 0.241. The second-order valence-electron chi connectivity index (χ2n) is 9.40. The van der Waals surface area contributed by atoms with Crippen LogP contribution in [-0.4, -0.2) is 78.1 Å². The minimum atomic E-state index is -1.02. The summed E-state index contributed by atoms with van der Waals surface area (Å²) in [5, 5.41) is 14.5. The third-order valence-corrected chi connectivity index (χ3v) is 6.99. The molecule has 3 aliphatic rings. The molecular formula is C25H36N3O6+. The van der Waals surface area contributed by atoms with Gasteiger partial charge in [0.25, 0.3) is 0 Å². The van der Waals surface area contributed by atoms with E-state index < -0.39 is 5.97 Å². The molecule has 1 aromatic rings. The number of nitrogens with one attached hydrogen (secondary N) is 2. The van der Waals surface area contributed by atoms with Gasteiger partial charge in [-0.05, 0) is 37.2 Å². The van der Waals surface area contributed by atoms with Gasteiger partial charge in [0, 0.05) is 36.4 Å². The number of ketones is 1. The molecule has 1 amide bonds. The summed E-state index contributed by atoms with van der Waals surface area (Å²) in [7, 11) is 0. The van der Waals surface area contributed by atoms with Crippen LogP contribution in [0.4, 0.5) is 5.69 Å². The molecule has 3 aliphatic heterocycles. The minimum absolute atomic E-state index is 0.0215. The van der Waals surface area contributed by atoms with Gasteiger partial charge in [-0.2, -0.15) is 0 Å². The van der Waals surface area contributed by atoms with E-state index in [2.05, 4.69) is 10.6 Å². The van der Waals surface area contributed by atoms with E-state index in [4.69, 9.17) is 9.84 Å². The zero-order chi connectivity index (χ0) is 24.7. The molecule has 0 spiro atoms. The number of Topliss-reactive ketones (excluding diaryl/α,β-unsaturated/α-hetero) is 1. The standard InChI is InChI=1S/C25H35N3O6/c1-3-20(26-4-2)25(33)34-22-16-28(13-11-18(22)12-14-28)15-21(29)17-5-7-19(8-6-17)27-23(30)9-10-24(31)32/h5-8,18,20,22,26H,3-4,9-16H2,1-2H3,(H-,27,29,30,31,32)/p+1. The van der Waals surface area contributed by atoms with Gasteiger partial charge >= 0.3 is 11.9 Å². The van der Waals surface area contributed by atoms with Crippen LogP contribution in [0.1, 0.15) is 56.3 Å². The number of piperidine rings is 3. The van der Waals surface area contributed by atoms with Crippen molar-refractivity contribution in [3.05, 3.63) is 29.8 Å². The molecule has 1 aromatic carbocycles. The number of amides is 1. The van der Waals surface area contributed by atoms with Gasteiger partial charge in [-0.1, -0.05) is 13.8 Å². The number of carbonyl (C=O) groups is 4. The number of rotatable bonds is 12. The highest BCUT2D eigenvalue weighted by Crippen LogP contribution is 2.36. The van der Waals surface area contributed by atoms with E-state index in [-0.39, 0.29) is 42.6 Å². The maximum absolute atomic E-state index is 13.1. The highest BCUT2D eigenvalue weighted by Gasteiger charge is 2.48. The largest absolute Gasteiger partial charge is 0.481 e. The van der Waals surface area contributed by atoms with Crippen LogP contribution in [0, 0.1) is 5.92 Å². The van der Waals surface area contributed by atoms with E-state index in [1.54, 1.807) is 24.3 Å². The summed E-state index contributed by atoms with van der Waals surface area (Å²) < 4.78 is 6.56. The number of esters is 1. The monoisotopic (exact) mass is 474 g/mol. The maximum atomic E-state index is 13.1. The number of carbonyl (C=O) groups excluding carboxylic acids is 3. The zero-order valence-electron chi connectivity index (χ0n) is 20.0. The van der Waals surface area contributed by atoms with Crippen LogP contribution in [0.2, 0.25) is 0 Å². The average Bonchev–Trinajstić information content (AvgIpc) is 2.82. The molecule has 9 heteroatoms. The molecule has 0 radical (unpaired) electrons. The van der Waals surface area contributed by atoms with Gasteiger partial charge in [0.1, 0.15) is 19.1 Å².